The molecule has 3 N–H and O–H groups in total. The summed E-state index contributed by atoms with van der Waals surface area (Å²) in [6, 6.07) is 9.17. The molecule has 21 heavy (non-hydrogen) atoms. The largest absolute Gasteiger partial charge is 0.325 e. The summed E-state index contributed by atoms with van der Waals surface area (Å²) in [6.45, 7) is 0. The van der Waals surface area contributed by atoms with E-state index in [1.165, 1.54) is 6.20 Å². The molecule has 1 amide bonds. The maximum absolute atomic E-state index is 11.8. The predicted molar refractivity (Wildman–Crippen MR) is 80.3 cm³/mol. The van der Waals surface area contributed by atoms with Gasteiger partial charge in [0.2, 0.25) is 5.91 Å². The monoisotopic (exact) mass is 301 g/mol. The molecule has 0 unspecified atom stereocenters. The van der Waals surface area contributed by atoms with Gasteiger partial charge in [-0.05, 0) is 12.1 Å². The van der Waals surface area contributed by atoms with Gasteiger partial charge in [0.05, 0.1) is 11.9 Å². The number of benzene rings is 1. The lowest BCUT2D eigenvalue weighted by atomic mass is 10.3. The molecule has 0 aliphatic carbocycles. The highest BCUT2D eigenvalue weighted by molar-refractivity contribution is 7.99. The van der Waals surface area contributed by atoms with Gasteiger partial charge in [-0.3, -0.25) is 14.7 Å². The molecule has 0 radical (unpaired) electrons. The molecule has 106 valence electrons. The van der Waals surface area contributed by atoms with Gasteiger partial charge in [0.25, 0.3) is 5.56 Å². The molecule has 8 heteroatoms. The highest BCUT2D eigenvalue weighted by Gasteiger charge is 2.08. The van der Waals surface area contributed by atoms with Gasteiger partial charge in [-0.15, -0.1) is 0 Å². The third kappa shape index (κ3) is 3.11. The van der Waals surface area contributed by atoms with Gasteiger partial charge in [0.1, 0.15) is 5.39 Å². The third-order valence-corrected chi connectivity index (χ3v) is 3.57. The van der Waals surface area contributed by atoms with E-state index in [0.29, 0.717) is 16.2 Å². The number of para-hydroxylation sites is 1. The topological polar surface area (TPSA) is 104 Å². The Morgan fingerprint density at radius 1 is 1.29 bits per heavy atom. The fraction of sp³-hybridized carbons (Fsp3) is 0.0769. The molecule has 7 nitrogen and oxygen atoms in total. The summed E-state index contributed by atoms with van der Waals surface area (Å²) in [6.07, 6.45) is 1.41. The Labute approximate surface area is 123 Å². The number of hydrogen-bond acceptors (Lipinski definition) is 5. The van der Waals surface area contributed by atoms with Crippen molar-refractivity contribution in [2.45, 2.75) is 5.16 Å². The van der Waals surface area contributed by atoms with Crippen LogP contribution in [0.4, 0.5) is 5.69 Å². The Morgan fingerprint density at radius 2 is 2.10 bits per heavy atom. The van der Waals surface area contributed by atoms with Crippen molar-refractivity contribution in [2.24, 2.45) is 0 Å². The van der Waals surface area contributed by atoms with E-state index in [0.717, 1.165) is 17.4 Å². The van der Waals surface area contributed by atoms with E-state index in [4.69, 9.17) is 0 Å². The fourth-order valence-corrected chi connectivity index (χ4v) is 2.41. The predicted octanol–water partition coefficient (Wildman–Crippen LogP) is 1.38. The summed E-state index contributed by atoms with van der Waals surface area (Å²) < 4.78 is 0. The van der Waals surface area contributed by atoms with Crippen LogP contribution in [0, 0.1) is 0 Å². The van der Waals surface area contributed by atoms with Gasteiger partial charge in [-0.2, -0.15) is 5.10 Å². The zero-order valence-corrected chi connectivity index (χ0v) is 11.6. The quantitative estimate of drug-likeness (QED) is 0.499. The molecule has 0 bridgehead atoms. The Hall–Kier alpha value is -2.61. The second-order valence-corrected chi connectivity index (χ2v) is 5.17. The van der Waals surface area contributed by atoms with Crippen molar-refractivity contribution in [3.8, 4) is 0 Å². The van der Waals surface area contributed by atoms with Gasteiger partial charge in [-0.25, -0.2) is 4.98 Å². The number of rotatable bonds is 4. The van der Waals surface area contributed by atoms with Crippen molar-refractivity contribution in [2.75, 3.05) is 11.1 Å². The standard InChI is InChI=1S/C13H11N5O2S/c19-10(15-8-4-2-1-3-5-8)7-21-13-16-11-9(6-14-18-11)12(20)17-13/h1-6H,7H2,(H,15,19)(H2,14,16,17,18,20). The normalized spacial score (nSPS) is 10.7. The number of nitrogens with zero attached hydrogens (tertiary/aromatic N) is 2. The lowest BCUT2D eigenvalue weighted by Crippen LogP contribution is -2.15. The lowest BCUT2D eigenvalue weighted by Gasteiger charge is -2.04. The van der Waals surface area contributed by atoms with Gasteiger partial charge >= 0.3 is 0 Å². The second-order valence-electron chi connectivity index (χ2n) is 4.21. The Bertz CT molecular complexity index is 827. The van der Waals surface area contributed by atoms with Crippen molar-refractivity contribution in [1.29, 1.82) is 0 Å². The van der Waals surface area contributed by atoms with Crippen LogP contribution in [-0.4, -0.2) is 31.8 Å². The number of carbonyl (C=O) groups is 1. The first-order valence-corrected chi connectivity index (χ1v) is 7.12. The van der Waals surface area contributed by atoms with Crippen LogP contribution in [0.5, 0.6) is 0 Å². The van der Waals surface area contributed by atoms with Crippen LogP contribution in [0.25, 0.3) is 11.0 Å². The Morgan fingerprint density at radius 3 is 2.90 bits per heavy atom. The first kappa shape index (κ1) is 13.4. The van der Waals surface area contributed by atoms with Crippen LogP contribution in [0.2, 0.25) is 0 Å². The molecular weight excluding hydrogens is 290 g/mol. The second kappa shape index (κ2) is 5.80. The van der Waals surface area contributed by atoms with Crippen molar-refractivity contribution in [3.05, 3.63) is 46.9 Å². The maximum atomic E-state index is 11.8. The number of anilines is 1. The molecule has 0 aliphatic rings. The van der Waals surface area contributed by atoms with Gasteiger partial charge < -0.3 is 10.3 Å². The average Bonchev–Trinajstić information content (AvgIpc) is 2.95. The molecule has 0 atom stereocenters. The zero-order valence-electron chi connectivity index (χ0n) is 10.8. The van der Waals surface area contributed by atoms with Crippen LogP contribution in [0.1, 0.15) is 0 Å². The summed E-state index contributed by atoms with van der Waals surface area (Å²) in [4.78, 5) is 30.3. The Kier molecular flexibility index (Phi) is 3.69. The van der Waals surface area contributed by atoms with Crippen LogP contribution < -0.4 is 10.9 Å². The van der Waals surface area contributed by atoms with Crippen molar-refractivity contribution < 1.29 is 4.79 Å². The van der Waals surface area contributed by atoms with E-state index in [-0.39, 0.29) is 17.2 Å². The summed E-state index contributed by atoms with van der Waals surface area (Å²) in [5.41, 5.74) is 0.859. The van der Waals surface area contributed by atoms with E-state index in [1.54, 1.807) is 12.1 Å². The minimum atomic E-state index is -0.278. The van der Waals surface area contributed by atoms with E-state index in [9.17, 15) is 9.59 Å². The number of nitrogens with one attached hydrogen (secondary N) is 3. The number of aromatic amines is 2. The smallest absolute Gasteiger partial charge is 0.262 e. The average molecular weight is 301 g/mol. The van der Waals surface area contributed by atoms with Crippen LogP contribution in [0.3, 0.4) is 0 Å². The molecular formula is C13H11N5O2S. The highest BCUT2D eigenvalue weighted by Crippen LogP contribution is 2.14. The van der Waals surface area contributed by atoms with Crippen LogP contribution >= 0.6 is 11.8 Å². The summed E-state index contributed by atoms with van der Waals surface area (Å²) in [5.74, 6) is -0.0177. The van der Waals surface area contributed by atoms with Crippen molar-refractivity contribution in [3.63, 3.8) is 0 Å². The number of amides is 1. The summed E-state index contributed by atoms with van der Waals surface area (Å²) in [7, 11) is 0. The molecule has 2 heterocycles. The minimum absolute atomic E-state index is 0.150. The SMILES string of the molecule is O=C(CSc1nc2[nH]ncc2c(=O)[nH]1)Nc1ccccc1. The van der Waals surface area contributed by atoms with Crippen LogP contribution in [0.15, 0.2) is 46.5 Å². The Balaban J connectivity index is 1.66. The highest BCUT2D eigenvalue weighted by atomic mass is 32.2. The maximum Gasteiger partial charge on any atom is 0.262 e. The van der Waals surface area contributed by atoms with Crippen molar-refractivity contribution >= 4 is 34.4 Å². The zero-order chi connectivity index (χ0) is 14.7. The molecule has 0 aliphatic heterocycles. The first-order valence-electron chi connectivity index (χ1n) is 6.13. The molecule has 1 aromatic carbocycles. The van der Waals surface area contributed by atoms with E-state index in [2.05, 4.69) is 25.5 Å². The van der Waals surface area contributed by atoms with Gasteiger partial charge in [0.15, 0.2) is 10.8 Å². The molecule has 3 rings (SSSR count). The molecule has 0 saturated carbocycles. The minimum Gasteiger partial charge on any atom is -0.325 e. The molecule has 0 fully saturated rings. The van der Waals surface area contributed by atoms with Gasteiger partial charge in [0, 0.05) is 5.69 Å². The van der Waals surface area contributed by atoms with E-state index >= 15 is 0 Å². The van der Waals surface area contributed by atoms with E-state index < -0.39 is 0 Å². The summed E-state index contributed by atoms with van der Waals surface area (Å²) in [5, 5.41) is 9.92. The number of aromatic nitrogens is 4. The first-order chi connectivity index (χ1) is 10.2. The van der Waals surface area contributed by atoms with Gasteiger partial charge in [-0.1, -0.05) is 30.0 Å². The fourth-order valence-electron chi connectivity index (χ4n) is 1.75. The number of fused-ring (bicyclic) bond motifs is 1. The number of thioether (sulfide) groups is 1. The number of H-pyrrole nitrogens is 2. The van der Waals surface area contributed by atoms with Crippen molar-refractivity contribution in [1.82, 2.24) is 20.2 Å². The number of carbonyl (C=O) groups excluding carboxylic acids is 1. The lowest BCUT2D eigenvalue weighted by molar-refractivity contribution is -0.113. The third-order valence-electron chi connectivity index (χ3n) is 2.70. The molecule has 0 saturated heterocycles. The molecule has 2 aromatic heterocycles. The van der Waals surface area contributed by atoms with Crippen LogP contribution in [-0.2, 0) is 4.79 Å². The molecule has 3 aromatic rings. The molecule has 0 spiro atoms. The van der Waals surface area contributed by atoms with E-state index in [1.807, 2.05) is 18.2 Å². The summed E-state index contributed by atoms with van der Waals surface area (Å²) >= 11 is 1.15. The number of hydrogen-bond donors (Lipinski definition) is 3.